The molecule has 0 saturated heterocycles. The predicted molar refractivity (Wildman–Crippen MR) is 116 cm³/mol. The summed E-state index contributed by atoms with van der Waals surface area (Å²) in [6.07, 6.45) is -1.25. The Kier molecular flexibility index (Phi) is 6.42. The van der Waals surface area contributed by atoms with Crippen molar-refractivity contribution in [2.24, 2.45) is 0 Å². The number of pyridine rings is 1. The van der Waals surface area contributed by atoms with Gasteiger partial charge in [0, 0.05) is 17.3 Å². The van der Waals surface area contributed by atoms with Crippen molar-refractivity contribution in [3.05, 3.63) is 69.0 Å². The number of aliphatic hydroxyl groups is 1. The van der Waals surface area contributed by atoms with Crippen LogP contribution in [0.25, 0.3) is 5.57 Å². The number of benzene rings is 1. The predicted octanol–water partition coefficient (Wildman–Crippen LogP) is 5.33. The van der Waals surface area contributed by atoms with E-state index in [-0.39, 0.29) is 18.2 Å². The highest BCUT2D eigenvalue weighted by molar-refractivity contribution is 6.30. The van der Waals surface area contributed by atoms with Gasteiger partial charge in [0.05, 0.1) is 12.6 Å². The van der Waals surface area contributed by atoms with E-state index in [1.165, 1.54) is 22.3 Å². The fourth-order valence-electron chi connectivity index (χ4n) is 4.87. The summed E-state index contributed by atoms with van der Waals surface area (Å²) in [5.74, 6) is 0. The molecule has 1 unspecified atom stereocenters. The molecule has 1 N–H and O–H groups in total. The van der Waals surface area contributed by atoms with Crippen LogP contribution in [0.5, 0.6) is 0 Å². The van der Waals surface area contributed by atoms with Gasteiger partial charge in [0.2, 0.25) is 0 Å². The third kappa shape index (κ3) is 4.52. The third-order valence-corrected chi connectivity index (χ3v) is 6.63. The molecule has 0 amide bonds. The lowest BCUT2D eigenvalue weighted by molar-refractivity contribution is -0.141. The molecule has 0 bridgehead atoms. The summed E-state index contributed by atoms with van der Waals surface area (Å²) in [7, 11) is 0. The SMILES string of the molecule is CCc1ccc(CCCN2CCC3=C(Cc4ccc(Cl)cc43)C2CO)nc1C(F)(F)F. The van der Waals surface area contributed by atoms with Crippen molar-refractivity contribution in [3.8, 4) is 0 Å². The number of alkyl halides is 3. The van der Waals surface area contributed by atoms with Crippen molar-refractivity contribution in [2.45, 2.75) is 51.2 Å². The Balaban J connectivity index is 1.43. The summed E-state index contributed by atoms with van der Waals surface area (Å²) in [5.41, 5.74) is 4.90. The van der Waals surface area contributed by atoms with Gasteiger partial charge in [0.15, 0.2) is 0 Å². The van der Waals surface area contributed by atoms with Crippen LogP contribution in [-0.2, 0) is 25.4 Å². The lowest BCUT2D eigenvalue weighted by Gasteiger charge is -2.36. The largest absolute Gasteiger partial charge is 0.433 e. The molecular weight excluding hydrogens is 425 g/mol. The van der Waals surface area contributed by atoms with Gasteiger partial charge in [-0.05, 0) is 84.7 Å². The summed E-state index contributed by atoms with van der Waals surface area (Å²) in [6.45, 7) is 3.25. The quantitative estimate of drug-likeness (QED) is 0.646. The van der Waals surface area contributed by atoms with E-state index in [9.17, 15) is 18.3 Å². The first-order valence-corrected chi connectivity index (χ1v) is 11.1. The third-order valence-electron chi connectivity index (χ3n) is 6.39. The van der Waals surface area contributed by atoms with Crippen LogP contribution < -0.4 is 0 Å². The van der Waals surface area contributed by atoms with E-state index in [1.54, 1.807) is 19.1 Å². The number of fused-ring (bicyclic) bond motifs is 2. The number of hydrogen-bond acceptors (Lipinski definition) is 3. The molecule has 1 atom stereocenters. The standard InChI is InChI=1S/C24H26ClF3N2O/c1-2-15-6-8-18(29-23(15)24(26,27)28)4-3-10-30-11-9-19-20-13-17(25)7-5-16(20)12-21(19)22(30)14-31/h5-8,13,22,31H,2-4,9-12,14H2,1H3. The summed E-state index contributed by atoms with van der Waals surface area (Å²) < 4.78 is 39.8. The highest BCUT2D eigenvalue weighted by atomic mass is 35.5. The van der Waals surface area contributed by atoms with Crippen LogP contribution in [0.2, 0.25) is 5.02 Å². The number of rotatable bonds is 6. The molecular formula is C24H26ClF3N2O. The summed E-state index contributed by atoms with van der Waals surface area (Å²) in [4.78, 5) is 6.16. The summed E-state index contributed by atoms with van der Waals surface area (Å²) in [5, 5.41) is 10.8. The Morgan fingerprint density at radius 1 is 1.23 bits per heavy atom. The number of halogens is 4. The van der Waals surface area contributed by atoms with Gasteiger partial charge in [-0.15, -0.1) is 0 Å². The normalized spacial score (nSPS) is 19.0. The molecule has 4 rings (SSSR count). The molecule has 166 valence electrons. The molecule has 2 aliphatic rings. The lowest BCUT2D eigenvalue weighted by atomic mass is 9.93. The van der Waals surface area contributed by atoms with Crippen LogP contribution in [0, 0.1) is 0 Å². The van der Waals surface area contributed by atoms with Gasteiger partial charge in [0.25, 0.3) is 0 Å². The first-order valence-electron chi connectivity index (χ1n) is 10.7. The summed E-state index contributed by atoms with van der Waals surface area (Å²) >= 11 is 6.18. The van der Waals surface area contributed by atoms with Crippen molar-refractivity contribution in [1.29, 1.82) is 0 Å². The number of aliphatic hydroxyl groups excluding tert-OH is 1. The van der Waals surface area contributed by atoms with Gasteiger partial charge in [0.1, 0.15) is 5.69 Å². The molecule has 0 spiro atoms. The van der Waals surface area contributed by atoms with E-state index in [2.05, 4.69) is 16.0 Å². The fraction of sp³-hybridized carbons (Fsp3) is 0.458. The van der Waals surface area contributed by atoms with E-state index in [0.29, 0.717) is 31.5 Å². The topological polar surface area (TPSA) is 36.4 Å². The maximum atomic E-state index is 13.3. The van der Waals surface area contributed by atoms with E-state index in [4.69, 9.17) is 11.6 Å². The molecule has 1 aliphatic carbocycles. The Bertz CT molecular complexity index is 1000. The smallest absolute Gasteiger partial charge is 0.394 e. The van der Waals surface area contributed by atoms with Crippen LogP contribution in [0.3, 0.4) is 0 Å². The fourth-order valence-corrected chi connectivity index (χ4v) is 5.04. The first kappa shape index (κ1) is 22.3. The number of nitrogens with zero attached hydrogens (tertiary/aromatic N) is 2. The lowest BCUT2D eigenvalue weighted by Crippen LogP contribution is -2.43. The Labute approximate surface area is 185 Å². The van der Waals surface area contributed by atoms with Crippen LogP contribution >= 0.6 is 11.6 Å². The first-order chi connectivity index (χ1) is 14.8. The minimum Gasteiger partial charge on any atom is -0.394 e. The zero-order valence-electron chi connectivity index (χ0n) is 17.5. The highest BCUT2D eigenvalue weighted by Gasteiger charge is 2.36. The number of aromatic nitrogens is 1. The van der Waals surface area contributed by atoms with Gasteiger partial charge in [-0.25, -0.2) is 4.98 Å². The van der Waals surface area contributed by atoms with Gasteiger partial charge >= 0.3 is 6.18 Å². The van der Waals surface area contributed by atoms with Crippen LogP contribution in [0.1, 0.15) is 47.8 Å². The van der Waals surface area contributed by atoms with Crippen LogP contribution in [0.4, 0.5) is 13.2 Å². The van der Waals surface area contributed by atoms with Gasteiger partial charge in [-0.2, -0.15) is 13.2 Å². The monoisotopic (exact) mass is 450 g/mol. The van der Waals surface area contributed by atoms with E-state index in [1.807, 2.05) is 12.1 Å². The highest BCUT2D eigenvalue weighted by Crippen LogP contribution is 2.41. The molecule has 1 aromatic carbocycles. The minimum atomic E-state index is -4.43. The van der Waals surface area contributed by atoms with Crippen molar-refractivity contribution < 1.29 is 18.3 Å². The second kappa shape index (κ2) is 8.93. The van der Waals surface area contributed by atoms with Crippen LogP contribution in [0.15, 0.2) is 35.9 Å². The molecule has 31 heavy (non-hydrogen) atoms. The molecule has 2 aromatic rings. The molecule has 0 fully saturated rings. The van der Waals surface area contributed by atoms with E-state index in [0.717, 1.165) is 24.4 Å². The molecule has 1 aromatic heterocycles. The van der Waals surface area contributed by atoms with Gasteiger partial charge in [-0.1, -0.05) is 30.7 Å². The number of hydrogen-bond donors (Lipinski definition) is 1. The van der Waals surface area contributed by atoms with Gasteiger partial charge in [-0.3, -0.25) is 4.90 Å². The molecule has 1 aliphatic heterocycles. The van der Waals surface area contributed by atoms with Crippen molar-refractivity contribution >= 4 is 17.2 Å². The second-order valence-corrected chi connectivity index (χ2v) is 8.67. The molecule has 7 heteroatoms. The average molecular weight is 451 g/mol. The molecule has 0 radical (unpaired) electrons. The Morgan fingerprint density at radius 3 is 2.74 bits per heavy atom. The van der Waals surface area contributed by atoms with E-state index < -0.39 is 11.9 Å². The summed E-state index contributed by atoms with van der Waals surface area (Å²) in [6, 6.07) is 9.14. The van der Waals surface area contributed by atoms with Crippen LogP contribution in [-0.4, -0.2) is 40.7 Å². The zero-order valence-corrected chi connectivity index (χ0v) is 18.2. The average Bonchev–Trinajstić information content (AvgIpc) is 3.10. The second-order valence-electron chi connectivity index (χ2n) is 8.23. The molecule has 3 nitrogen and oxygen atoms in total. The van der Waals surface area contributed by atoms with Crippen molar-refractivity contribution in [1.82, 2.24) is 9.88 Å². The Morgan fingerprint density at radius 2 is 2.03 bits per heavy atom. The maximum absolute atomic E-state index is 13.3. The van der Waals surface area contributed by atoms with E-state index >= 15 is 0 Å². The molecule has 0 saturated carbocycles. The van der Waals surface area contributed by atoms with Gasteiger partial charge < -0.3 is 5.11 Å². The molecule has 2 heterocycles. The van der Waals surface area contributed by atoms with Crippen molar-refractivity contribution in [2.75, 3.05) is 19.7 Å². The minimum absolute atomic E-state index is 0.0300. The zero-order chi connectivity index (χ0) is 22.2. The Hall–Kier alpha value is -1.89. The maximum Gasteiger partial charge on any atom is 0.433 e. The van der Waals surface area contributed by atoms with Crippen molar-refractivity contribution in [3.63, 3.8) is 0 Å². The number of aryl methyl sites for hydroxylation is 2.